The second kappa shape index (κ2) is 6.11. The Morgan fingerprint density at radius 3 is 2.78 bits per heavy atom. The van der Waals surface area contributed by atoms with Crippen molar-refractivity contribution in [2.24, 2.45) is 0 Å². The summed E-state index contributed by atoms with van der Waals surface area (Å²) in [6.07, 6.45) is 1.81. The number of morpholine rings is 1. The molecule has 100 valence electrons. The van der Waals surface area contributed by atoms with Crippen LogP contribution in [0.4, 0.5) is 5.82 Å². The molecule has 0 saturated carbocycles. The highest BCUT2D eigenvalue weighted by Gasteiger charge is 2.12. The molecule has 0 atom stereocenters. The van der Waals surface area contributed by atoms with Crippen molar-refractivity contribution in [3.8, 4) is 0 Å². The van der Waals surface area contributed by atoms with Crippen LogP contribution in [0.15, 0.2) is 6.20 Å². The Bertz CT molecular complexity index is 391. The largest absolute Gasteiger partial charge is 0.379 e. The average molecular weight is 250 g/mol. The fraction of sp³-hybridized carbons (Fsp3) is 0.692. The molecule has 0 aromatic carbocycles. The lowest BCUT2D eigenvalue weighted by Gasteiger charge is -2.29. The van der Waals surface area contributed by atoms with Crippen LogP contribution in [0, 0.1) is 13.8 Å². The van der Waals surface area contributed by atoms with Gasteiger partial charge in [-0.05, 0) is 13.8 Å². The van der Waals surface area contributed by atoms with E-state index in [1.165, 1.54) is 0 Å². The monoisotopic (exact) mass is 250 g/mol. The maximum Gasteiger partial charge on any atom is 0.150 e. The molecule has 1 fully saturated rings. The average Bonchev–Trinajstić information content (AvgIpc) is 2.40. The zero-order chi connectivity index (χ0) is 13.0. The maximum absolute atomic E-state index is 5.35. The highest BCUT2D eigenvalue weighted by atomic mass is 16.5. The van der Waals surface area contributed by atoms with E-state index in [1.54, 1.807) is 0 Å². The van der Waals surface area contributed by atoms with Crippen molar-refractivity contribution in [3.05, 3.63) is 17.6 Å². The van der Waals surface area contributed by atoms with Gasteiger partial charge in [-0.15, -0.1) is 0 Å². The van der Waals surface area contributed by atoms with Crippen LogP contribution in [-0.4, -0.2) is 61.3 Å². The first-order valence-corrected chi connectivity index (χ1v) is 6.48. The minimum atomic E-state index is 0.854. The molecule has 0 unspecified atom stereocenters. The van der Waals surface area contributed by atoms with Crippen molar-refractivity contribution in [2.75, 3.05) is 51.3 Å². The molecule has 18 heavy (non-hydrogen) atoms. The number of aryl methyl sites for hydroxylation is 2. The van der Waals surface area contributed by atoms with Crippen LogP contribution in [0.3, 0.4) is 0 Å². The van der Waals surface area contributed by atoms with Crippen LogP contribution in [0.2, 0.25) is 0 Å². The Balaban J connectivity index is 1.90. The van der Waals surface area contributed by atoms with Gasteiger partial charge in [-0.3, -0.25) is 9.88 Å². The Morgan fingerprint density at radius 2 is 2.06 bits per heavy atom. The maximum atomic E-state index is 5.35. The summed E-state index contributed by atoms with van der Waals surface area (Å²) in [6, 6.07) is 0. The van der Waals surface area contributed by atoms with Crippen LogP contribution < -0.4 is 4.90 Å². The van der Waals surface area contributed by atoms with E-state index in [9.17, 15) is 0 Å². The lowest BCUT2D eigenvalue weighted by Crippen LogP contribution is -2.41. The number of likely N-dealkylation sites (N-methyl/N-ethyl adjacent to an activating group) is 1. The first-order valence-electron chi connectivity index (χ1n) is 6.48. The summed E-state index contributed by atoms with van der Waals surface area (Å²) in [7, 11) is 2.08. The molecule has 1 aliphatic heterocycles. The van der Waals surface area contributed by atoms with Gasteiger partial charge in [0.1, 0.15) is 5.82 Å². The Morgan fingerprint density at radius 1 is 1.33 bits per heavy atom. The number of aromatic nitrogens is 2. The predicted octanol–water partition coefficient (Wildman–Crippen LogP) is 0.862. The lowest BCUT2D eigenvalue weighted by molar-refractivity contribution is 0.0392. The molecule has 1 aliphatic rings. The minimum Gasteiger partial charge on any atom is -0.379 e. The van der Waals surface area contributed by atoms with Crippen molar-refractivity contribution in [1.29, 1.82) is 0 Å². The molecule has 5 heteroatoms. The second-order valence-corrected chi connectivity index (χ2v) is 4.80. The number of hydrogen-bond donors (Lipinski definition) is 0. The molecule has 1 aromatic heterocycles. The van der Waals surface area contributed by atoms with Crippen molar-refractivity contribution >= 4 is 5.82 Å². The normalized spacial score (nSPS) is 16.8. The van der Waals surface area contributed by atoms with Crippen molar-refractivity contribution in [3.63, 3.8) is 0 Å². The van der Waals surface area contributed by atoms with E-state index in [1.807, 2.05) is 20.0 Å². The second-order valence-electron chi connectivity index (χ2n) is 4.80. The third-order valence-corrected chi connectivity index (χ3v) is 3.27. The SMILES string of the molecule is Cc1cnc(C)c(N(C)CCN2CCOCC2)n1. The number of rotatable bonds is 4. The molecular formula is C13H22N4O. The van der Waals surface area contributed by atoms with Crippen LogP contribution in [0.5, 0.6) is 0 Å². The van der Waals surface area contributed by atoms with Crippen molar-refractivity contribution in [1.82, 2.24) is 14.9 Å². The Hall–Kier alpha value is -1.20. The fourth-order valence-electron chi connectivity index (χ4n) is 2.11. The van der Waals surface area contributed by atoms with Crippen molar-refractivity contribution in [2.45, 2.75) is 13.8 Å². The van der Waals surface area contributed by atoms with Crippen LogP contribution in [0.1, 0.15) is 11.4 Å². The summed E-state index contributed by atoms with van der Waals surface area (Å²) in [5.74, 6) is 0.989. The molecule has 0 aliphatic carbocycles. The summed E-state index contributed by atoms with van der Waals surface area (Å²) in [4.78, 5) is 13.5. The molecular weight excluding hydrogens is 228 g/mol. The molecule has 1 aromatic rings. The highest BCUT2D eigenvalue weighted by Crippen LogP contribution is 2.13. The molecule has 0 bridgehead atoms. The Labute approximate surface area is 109 Å². The van der Waals surface area contributed by atoms with E-state index in [0.29, 0.717) is 0 Å². The predicted molar refractivity (Wildman–Crippen MR) is 72.0 cm³/mol. The number of ether oxygens (including phenoxy) is 1. The van der Waals surface area contributed by atoms with Gasteiger partial charge < -0.3 is 9.64 Å². The molecule has 0 N–H and O–H groups in total. The molecule has 1 saturated heterocycles. The molecule has 0 spiro atoms. The van der Waals surface area contributed by atoms with Gasteiger partial charge in [-0.2, -0.15) is 0 Å². The third-order valence-electron chi connectivity index (χ3n) is 3.27. The number of anilines is 1. The van der Waals surface area contributed by atoms with Gasteiger partial charge in [0.25, 0.3) is 0 Å². The highest BCUT2D eigenvalue weighted by molar-refractivity contribution is 5.42. The van der Waals surface area contributed by atoms with Gasteiger partial charge >= 0.3 is 0 Å². The fourth-order valence-corrected chi connectivity index (χ4v) is 2.11. The third kappa shape index (κ3) is 3.40. The Kier molecular flexibility index (Phi) is 4.49. The molecule has 2 heterocycles. The van der Waals surface area contributed by atoms with E-state index in [2.05, 4.69) is 26.8 Å². The molecule has 0 radical (unpaired) electrons. The van der Waals surface area contributed by atoms with Crippen LogP contribution >= 0.6 is 0 Å². The number of hydrogen-bond acceptors (Lipinski definition) is 5. The van der Waals surface area contributed by atoms with Gasteiger partial charge in [-0.1, -0.05) is 0 Å². The number of nitrogens with zero attached hydrogens (tertiary/aromatic N) is 4. The van der Waals surface area contributed by atoms with Gasteiger partial charge in [-0.25, -0.2) is 4.98 Å². The van der Waals surface area contributed by atoms with Gasteiger partial charge in [0.2, 0.25) is 0 Å². The molecule has 5 nitrogen and oxygen atoms in total. The van der Waals surface area contributed by atoms with Crippen LogP contribution in [0.25, 0.3) is 0 Å². The van der Waals surface area contributed by atoms with Gasteiger partial charge in [0.15, 0.2) is 0 Å². The molecule has 2 rings (SSSR count). The van der Waals surface area contributed by atoms with E-state index in [-0.39, 0.29) is 0 Å². The summed E-state index contributed by atoms with van der Waals surface area (Å²) < 4.78 is 5.35. The van der Waals surface area contributed by atoms with E-state index >= 15 is 0 Å². The topological polar surface area (TPSA) is 41.5 Å². The molecule has 0 amide bonds. The summed E-state index contributed by atoms with van der Waals surface area (Å²) >= 11 is 0. The van der Waals surface area contributed by atoms with Crippen molar-refractivity contribution < 1.29 is 4.74 Å². The van der Waals surface area contributed by atoms with Crippen LogP contribution in [-0.2, 0) is 4.74 Å². The smallest absolute Gasteiger partial charge is 0.150 e. The lowest BCUT2D eigenvalue weighted by atomic mass is 10.3. The standard InChI is InChI=1S/C13H22N4O/c1-11-10-14-12(2)13(15-11)16(3)4-5-17-6-8-18-9-7-17/h10H,4-9H2,1-3H3. The van der Waals surface area contributed by atoms with E-state index in [4.69, 9.17) is 4.74 Å². The zero-order valence-corrected chi connectivity index (χ0v) is 11.5. The van der Waals surface area contributed by atoms with E-state index < -0.39 is 0 Å². The summed E-state index contributed by atoms with van der Waals surface area (Å²) in [6.45, 7) is 9.78. The van der Waals surface area contributed by atoms with E-state index in [0.717, 1.165) is 56.6 Å². The quantitative estimate of drug-likeness (QED) is 0.793. The first-order chi connectivity index (χ1) is 8.66. The summed E-state index contributed by atoms with van der Waals surface area (Å²) in [5.41, 5.74) is 1.96. The van der Waals surface area contributed by atoms with Gasteiger partial charge in [0, 0.05) is 39.4 Å². The summed E-state index contributed by atoms with van der Waals surface area (Å²) in [5, 5.41) is 0. The zero-order valence-electron chi connectivity index (χ0n) is 11.5. The minimum absolute atomic E-state index is 0.854. The van der Waals surface area contributed by atoms with Gasteiger partial charge in [0.05, 0.1) is 24.6 Å². The first kappa shape index (κ1) is 13.2.